The van der Waals surface area contributed by atoms with Crippen LogP contribution in [0.5, 0.6) is 0 Å². The van der Waals surface area contributed by atoms with Gasteiger partial charge < -0.3 is 38.3 Å². The van der Waals surface area contributed by atoms with E-state index >= 15 is 0 Å². The van der Waals surface area contributed by atoms with Gasteiger partial charge in [-0.1, -0.05) is 13.8 Å². The first-order valence-electron chi connectivity index (χ1n) is 9.85. The second-order valence-corrected chi connectivity index (χ2v) is 7.98. The second kappa shape index (κ2) is 14.2. The monoisotopic (exact) mass is 476 g/mol. The molecule has 0 aliphatic rings. The Morgan fingerprint density at radius 2 is 1.34 bits per heavy atom. The first-order chi connectivity index (χ1) is 14.8. The maximum atomic E-state index is 12.6. The zero-order valence-electron chi connectivity index (χ0n) is 18.0. The fourth-order valence-electron chi connectivity index (χ4n) is 2.59. The fourth-order valence-corrected chi connectivity index (χ4v) is 2.84. The SMILES string of the molecule is CC(C)CC(N)C(=O)NC(CS)C(=O)NC(CC(N)=O)C(=O)NC(CCC(N)=O)C(=O)O. The molecule has 10 N–H and O–H groups in total. The van der Waals surface area contributed by atoms with Crippen molar-refractivity contribution in [2.45, 2.75) is 63.7 Å². The maximum absolute atomic E-state index is 12.6. The molecule has 5 amide bonds. The van der Waals surface area contributed by atoms with Gasteiger partial charge in [0.05, 0.1) is 12.5 Å². The molecule has 0 fully saturated rings. The lowest BCUT2D eigenvalue weighted by Gasteiger charge is -2.24. The number of carboxylic acid groups (broad SMARTS) is 1. The van der Waals surface area contributed by atoms with Crippen LogP contribution in [0, 0.1) is 5.92 Å². The van der Waals surface area contributed by atoms with Crippen molar-refractivity contribution >= 4 is 48.1 Å². The average molecular weight is 477 g/mol. The van der Waals surface area contributed by atoms with E-state index in [0.29, 0.717) is 6.42 Å². The van der Waals surface area contributed by atoms with Gasteiger partial charge in [-0.05, 0) is 18.8 Å². The molecule has 0 saturated heterocycles. The number of rotatable bonds is 15. The summed E-state index contributed by atoms with van der Waals surface area (Å²) in [5.41, 5.74) is 15.9. The van der Waals surface area contributed by atoms with Gasteiger partial charge >= 0.3 is 5.97 Å². The van der Waals surface area contributed by atoms with Crippen LogP contribution in [-0.2, 0) is 28.8 Å². The minimum Gasteiger partial charge on any atom is -0.480 e. The smallest absolute Gasteiger partial charge is 0.326 e. The van der Waals surface area contributed by atoms with Crippen LogP contribution in [0.2, 0.25) is 0 Å². The molecule has 0 aromatic carbocycles. The highest BCUT2D eigenvalue weighted by Crippen LogP contribution is 2.04. The number of carbonyl (C=O) groups is 6. The summed E-state index contributed by atoms with van der Waals surface area (Å²) in [5.74, 6) is -5.63. The van der Waals surface area contributed by atoms with Gasteiger partial charge in [-0.2, -0.15) is 12.6 Å². The van der Waals surface area contributed by atoms with Gasteiger partial charge in [0.15, 0.2) is 0 Å². The Labute approximate surface area is 191 Å². The van der Waals surface area contributed by atoms with E-state index in [4.69, 9.17) is 17.2 Å². The van der Waals surface area contributed by atoms with Gasteiger partial charge in [0.1, 0.15) is 18.1 Å². The Balaban J connectivity index is 5.28. The van der Waals surface area contributed by atoms with Crippen molar-refractivity contribution < 1.29 is 33.9 Å². The molecule has 182 valence electrons. The summed E-state index contributed by atoms with van der Waals surface area (Å²) < 4.78 is 0. The predicted octanol–water partition coefficient (Wildman–Crippen LogP) is -3.03. The third-order valence-electron chi connectivity index (χ3n) is 4.21. The molecule has 0 rings (SSSR count). The third kappa shape index (κ3) is 11.5. The van der Waals surface area contributed by atoms with Crippen molar-refractivity contribution in [2.75, 3.05) is 5.75 Å². The maximum Gasteiger partial charge on any atom is 0.326 e. The largest absolute Gasteiger partial charge is 0.480 e. The Bertz CT molecular complexity index is 718. The Hall–Kier alpha value is -2.87. The van der Waals surface area contributed by atoms with E-state index < -0.39 is 66.1 Å². The fraction of sp³-hybridized carbons (Fsp3) is 0.667. The molecule has 13 nitrogen and oxygen atoms in total. The summed E-state index contributed by atoms with van der Waals surface area (Å²) in [6, 6.07) is -5.07. The number of thiol groups is 1. The lowest BCUT2D eigenvalue weighted by molar-refractivity contribution is -0.142. The van der Waals surface area contributed by atoms with E-state index in [-0.39, 0.29) is 24.5 Å². The lowest BCUT2D eigenvalue weighted by atomic mass is 10.0. The number of aliphatic carboxylic acids is 1. The van der Waals surface area contributed by atoms with Gasteiger partial charge in [-0.15, -0.1) is 0 Å². The summed E-state index contributed by atoms with van der Waals surface area (Å²) >= 11 is 4.01. The first kappa shape index (κ1) is 29.1. The van der Waals surface area contributed by atoms with Gasteiger partial charge in [0, 0.05) is 12.2 Å². The van der Waals surface area contributed by atoms with Gasteiger partial charge in [0.25, 0.3) is 0 Å². The highest BCUT2D eigenvalue weighted by molar-refractivity contribution is 7.80. The minimum absolute atomic E-state index is 0.138. The predicted molar refractivity (Wildman–Crippen MR) is 117 cm³/mol. The van der Waals surface area contributed by atoms with Gasteiger partial charge in [-0.3, -0.25) is 24.0 Å². The van der Waals surface area contributed by atoms with Crippen molar-refractivity contribution in [1.82, 2.24) is 16.0 Å². The van der Waals surface area contributed by atoms with E-state index in [1.807, 2.05) is 13.8 Å². The summed E-state index contributed by atoms with van der Waals surface area (Å²) in [6.45, 7) is 3.74. The molecule has 32 heavy (non-hydrogen) atoms. The van der Waals surface area contributed by atoms with Crippen LogP contribution in [0.4, 0.5) is 0 Å². The third-order valence-corrected chi connectivity index (χ3v) is 4.58. The molecular formula is C18H32N6O7S. The van der Waals surface area contributed by atoms with E-state index in [0.717, 1.165) is 0 Å². The number of primary amides is 2. The van der Waals surface area contributed by atoms with Crippen molar-refractivity contribution in [2.24, 2.45) is 23.1 Å². The van der Waals surface area contributed by atoms with E-state index in [9.17, 15) is 33.9 Å². The van der Waals surface area contributed by atoms with Crippen LogP contribution in [0.25, 0.3) is 0 Å². The number of carbonyl (C=O) groups excluding carboxylic acids is 5. The van der Waals surface area contributed by atoms with Crippen LogP contribution in [0.3, 0.4) is 0 Å². The molecule has 0 heterocycles. The van der Waals surface area contributed by atoms with Crippen LogP contribution >= 0.6 is 12.6 Å². The summed E-state index contributed by atoms with van der Waals surface area (Å²) in [6.07, 6.45) is -0.869. The Morgan fingerprint density at radius 1 is 0.844 bits per heavy atom. The zero-order valence-corrected chi connectivity index (χ0v) is 18.9. The summed E-state index contributed by atoms with van der Waals surface area (Å²) in [4.78, 5) is 70.8. The molecule has 14 heteroatoms. The topological polar surface area (TPSA) is 237 Å². The minimum atomic E-state index is -1.53. The average Bonchev–Trinajstić information content (AvgIpc) is 2.66. The standard InChI is InChI=1S/C18H32N6O7S/c1-8(2)5-9(19)15(27)24-12(7-32)17(29)23-11(6-14(21)26)16(28)22-10(18(30)31)3-4-13(20)25/h8-12,32H,3-7,19H2,1-2H3,(H2,20,25)(H2,21,26)(H,22,28)(H,23,29)(H,24,27)(H,30,31). The molecule has 0 aliphatic carbocycles. The number of carboxylic acids is 1. The number of nitrogens with one attached hydrogen (secondary N) is 3. The van der Waals surface area contributed by atoms with Crippen molar-refractivity contribution in [3.05, 3.63) is 0 Å². The van der Waals surface area contributed by atoms with Gasteiger partial charge in [0.2, 0.25) is 29.5 Å². The van der Waals surface area contributed by atoms with Crippen molar-refractivity contribution in [1.29, 1.82) is 0 Å². The van der Waals surface area contributed by atoms with E-state index in [1.54, 1.807) is 0 Å². The van der Waals surface area contributed by atoms with Crippen molar-refractivity contribution in [3.63, 3.8) is 0 Å². The Morgan fingerprint density at radius 3 is 1.78 bits per heavy atom. The van der Waals surface area contributed by atoms with Crippen LogP contribution in [0.1, 0.15) is 39.5 Å². The second-order valence-electron chi connectivity index (χ2n) is 7.62. The van der Waals surface area contributed by atoms with Crippen LogP contribution < -0.4 is 33.2 Å². The molecule has 0 aromatic heterocycles. The quantitative estimate of drug-likeness (QED) is 0.113. The molecule has 0 aliphatic heterocycles. The van der Waals surface area contributed by atoms with Crippen LogP contribution in [-0.4, -0.2) is 70.5 Å². The molecule has 0 aromatic rings. The lowest BCUT2D eigenvalue weighted by Crippen LogP contribution is -2.58. The highest BCUT2D eigenvalue weighted by Gasteiger charge is 2.31. The number of nitrogens with two attached hydrogens (primary N) is 3. The number of hydrogen-bond donors (Lipinski definition) is 8. The molecular weight excluding hydrogens is 444 g/mol. The molecule has 0 saturated carbocycles. The molecule has 0 spiro atoms. The van der Waals surface area contributed by atoms with Crippen LogP contribution in [0.15, 0.2) is 0 Å². The first-order valence-corrected chi connectivity index (χ1v) is 10.5. The summed E-state index contributed by atoms with van der Waals surface area (Å²) in [7, 11) is 0. The van der Waals surface area contributed by atoms with Gasteiger partial charge in [-0.25, -0.2) is 4.79 Å². The molecule has 0 bridgehead atoms. The normalized spacial score (nSPS) is 14.5. The number of hydrogen-bond acceptors (Lipinski definition) is 8. The molecule has 4 atom stereocenters. The van der Waals surface area contributed by atoms with E-state index in [1.165, 1.54) is 0 Å². The zero-order chi connectivity index (χ0) is 25.0. The Kier molecular flexibility index (Phi) is 13.0. The number of amides is 5. The molecule has 4 unspecified atom stereocenters. The molecule has 0 radical (unpaired) electrons. The van der Waals surface area contributed by atoms with E-state index in [2.05, 4.69) is 28.6 Å². The van der Waals surface area contributed by atoms with Crippen molar-refractivity contribution in [3.8, 4) is 0 Å². The highest BCUT2D eigenvalue weighted by atomic mass is 32.1. The summed E-state index contributed by atoms with van der Waals surface area (Å²) in [5, 5.41) is 16.0.